The Balaban J connectivity index is 1.99. The van der Waals surface area contributed by atoms with E-state index in [0.717, 1.165) is 44.9 Å². The zero-order chi connectivity index (χ0) is 45.8. The van der Waals surface area contributed by atoms with Crippen molar-refractivity contribution in [2.24, 2.45) is 11.7 Å². The summed E-state index contributed by atoms with van der Waals surface area (Å²) in [5.74, 6) is -6.20. The van der Waals surface area contributed by atoms with Gasteiger partial charge in [-0.15, -0.1) is 0 Å². The number of esters is 1. The van der Waals surface area contributed by atoms with Gasteiger partial charge in [0, 0.05) is 25.8 Å². The van der Waals surface area contributed by atoms with Crippen molar-refractivity contribution in [1.29, 1.82) is 0 Å². The third-order valence-electron chi connectivity index (χ3n) is 11.3. The van der Waals surface area contributed by atoms with Crippen molar-refractivity contribution in [3.63, 3.8) is 0 Å². The largest absolute Gasteiger partial charge is 0.508 e. The van der Waals surface area contributed by atoms with Crippen LogP contribution in [0.25, 0.3) is 0 Å². The lowest BCUT2D eigenvalue weighted by Crippen LogP contribution is -2.59. The lowest BCUT2D eigenvalue weighted by atomic mass is 10.00. The number of nitrogens with one attached hydrogen (secondary N) is 5. The summed E-state index contributed by atoms with van der Waals surface area (Å²) in [4.78, 5) is 109. The first-order chi connectivity index (χ1) is 29.5. The Morgan fingerprint density at radius 3 is 2.06 bits per heavy atom. The number of primary amides is 1. The van der Waals surface area contributed by atoms with Crippen molar-refractivity contribution in [3.8, 4) is 5.75 Å². The van der Waals surface area contributed by atoms with E-state index in [1.165, 1.54) is 24.0 Å². The summed E-state index contributed by atoms with van der Waals surface area (Å²) in [5.41, 5.74) is 5.97. The first-order valence-electron chi connectivity index (χ1n) is 22.2. The fourth-order valence-corrected chi connectivity index (χ4v) is 7.63. The van der Waals surface area contributed by atoms with Crippen LogP contribution in [0, 0.1) is 5.92 Å². The van der Waals surface area contributed by atoms with Crippen molar-refractivity contribution in [3.05, 3.63) is 29.8 Å². The maximum absolute atomic E-state index is 14.2. The number of ether oxygens (including phenoxy) is 1. The number of hydrogen-bond acceptors (Lipinski definition) is 11. The van der Waals surface area contributed by atoms with E-state index in [2.05, 4.69) is 33.5 Å². The Morgan fingerprint density at radius 2 is 1.42 bits per heavy atom. The SMILES string of the molecule is CCCCCCCCCC1CCCC(=O)NC(CO)C(=O)N[C@H](C)C(=O)N2CCC[C@H]2C(=O)N[C@@H](CCC(N)=O)C(=O)N[C@H](Cc2ccc(O)cc2)C(=O)NC(C(C)C)C(=O)O1. The molecule has 2 fully saturated rings. The number of rotatable bonds is 15. The second-order valence-electron chi connectivity index (χ2n) is 16.8. The zero-order valence-electron chi connectivity index (χ0n) is 36.7. The zero-order valence-corrected chi connectivity index (χ0v) is 36.7. The van der Waals surface area contributed by atoms with E-state index in [9.17, 15) is 48.6 Å². The number of hydrogen-bond donors (Lipinski definition) is 8. The molecule has 18 nitrogen and oxygen atoms in total. The van der Waals surface area contributed by atoms with Crippen LogP contribution in [-0.2, 0) is 49.5 Å². The molecule has 7 amide bonds. The van der Waals surface area contributed by atoms with Gasteiger partial charge in [-0.3, -0.25) is 33.6 Å². The summed E-state index contributed by atoms with van der Waals surface area (Å²) < 4.78 is 6.05. The van der Waals surface area contributed by atoms with Gasteiger partial charge in [0.1, 0.15) is 48.1 Å². The molecule has 0 aromatic heterocycles. The quantitative estimate of drug-likeness (QED) is 0.0925. The van der Waals surface area contributed by atoms with Gasteiger partial charge in [0.15, 0.2) is 0 Å². The molecule has 1 aromatic carbocycles. The third kappa shape index (κ3) is 16.9. The summed E-state index contributed by atoms with van der Waals surface area (Å²) in [5, 5.41) is 33.0. The minimum Gasteiger partial charge on any atom is -0.508 e. The fraction of sp³-hybridized carbons (Fsp3) is 0.682. The van der Waals surface area contributed by atoms with Crippen LogP contribution in [0.2, 0.25) is 0 Å². The van der Waals surface area contributed by atoms with E-state index < -0.39 is 102 Å². The molecule has 18 heteroatoms. The molecule has 1 aromatic rings. The number of carbonyl (C=O) groups excluding carboxylic acids is 8. The summed E-state index contributed by atoms with van der Waals surface area (Å²) in [7, 11) is 0. The van der Waals surface area contributed by atoms with Crippen LogP contribution in [0.3, 0.4) is 0 Å². The highest BCUT2D eigenvalue weighted by Gasteiger charge is 2.39. The van der Waals surface area contributed by atoms with Crippen molar-refractivity contribution in [1.82, 2.24) is 31.5 Å². The van der Waals surface area contributed by atoms with Crippen LogP contribution in [0.5, 0.6) is 5.75 Å². The number of nitrogens with zero attached hydrogens (tertiary/aromatic N) is 1. The van der Waals surface area contributed by atoms with E-state index >= 15 is 0 Å². The lowest BCUT2D eigenvalue weighted by Gasteiger charge is -2.30. The number of aliphatic hydroxyl groups is 1. The van der Waals surface area contributed by atoms with Gasteiger partial charge in [0.25, 0.3) is 0 Å². The first-order valence-corrected chi connectivity index (χ1v) is 22.2. The van der Waals surface area contributed by atoms with E-state index in [1.807, 2.05) is 0 Å². The van der Waals surface area contributed by atoms with Crippen LogP contribution in [0.1, 0.15) is 130 Å². The molecule has 2 aliphatic rings. The second kappa shape index (κ2) is 26.3. The molecular weight excluding hydrogens is 803 g/mol. The maximum atomic E-state index is 14.2. The topological polar surface area (TPSA) is 276 Å². The molecule has 0 saturated carbocycles. The Bertz CT molecular complexity index is 1670. The number of carbonyl (C=O) groups is 8. The van der Waals surface area contributed by atoms with Crippen LogP contribution in [-0.4, -0.2) is 118 Å². The van der Waals surface area contributed by atoms with E-state index in [0.29, 0.717) is 24.8 Å². The van der Waals surface area contributed by atoms with E-state index in [1.54, 1.807) is 26.0 Å². The van der Waals surface area contributed by atoms with Gasteiger partial charge in [-0.05, 0) is 75.5 Å². The number of aromatic hydroxyl groups is 1. The predicted octanol–water partition coefficient (Wildman–Crippen LogP) is 1.52. The molecule has 346 valence electrons. The first kappa shape index (κ1) is 51.1. The average Bonchev–Trinajstić information content (AvgIpc) is 3.72. The van der Waals surface area contributed by atoms with Crippen LogP contribution >= 0.6 is 0 Å². The maximum Gasteiger partial charge on any atom is 0.329 e. The normalized spacial score (nSPS) is 25.4. The van der Waals surface area contributed by atoms with Crippen molar-refractivity contribution < 1.29 is 53.3 Å². The minimum atomic E-state index is -1.39. The average molecular weight is 872 g/mol. The van der Waals surface area contributed by atoms with Gasteiger partial charge >= 0.3 is 5.97 Å². The van der Waals surface area contributed by atoms with Crippen LogP contribution in [0.15, 0.2) is 24.3 Å². The van der Waals surface area contributed by atoms with Gasteiger partial charge in [-0.2, -0.15) is 0 Å². The molecule has 2 saturated heterocycles. The summed E-state index contributed by atoms with van der Waals surface area (Å²) in [6.07, 6.45) is 7.57. The molecule has 0 spiro atoms. The summed E-state index contributed by atoms with van der Waals surface area (Å²) in [6.45, 7) is 6.42. The number of aliphatic hydroxyl groups excluding tert-OH is 1. The van der Waals surface area contributed by atoms with Crippen molar-refractivity contribution >= 4 is 47.3 Å². The molecule has 0 aliphatic carbocycles. The molecule has 9 N–H and O–H groups in total. The molecule has 2 aliphatic heterocycles. The number of benzene rings is 1. The number of amides is 7. The number of unbranched alkanes of at least 4 members (excludes halogenated alkanes) is 6. The molecule has 3 rings (SSSR count). The number of cyclic esters (lactones) is 1. The van der Waals surface area contributed by atoms with Gasteiger partial charge in [0.2, 0.25) is 41.4 Å². The monoisotopic (exact) mass is 872 g/mol. The Labute approximate surface area is 364 Å². The number of phenols is 1. The van der Waals surface area contributed by atoms with Gasteiger partial charge in [0.05, 0.1) is 6.61 Å². The molecule has 0 bridgehead atoms. The minimum absolute atomic E-state index is 0.0231. The molecule has 3 unspecified atom stereocenters. The summed E-state index contributed by atoms with van der Waals surface area (Å²) >= 11 is 0. The highest BCUT2D eigenvalue weighted by Crippen LogP contribution is 2.21. The van der Waals surface area contributed by atoms with Gasteiger partial charge < -0.3 is 52.2 Å². The smallest absolute Gasteiger partial charge is 0.329 e. The number of phenolic OH excluding ortho intramolecular Hbond substituents is 1. The Hall–Kier alpha value is -5.26. The standard InChI is InChI=1S/C44H69N7O11/c1-5-6-7-8-9-10-11-14-31-15-12-17-37(55)47-34(26-52)41(58)46-28(4)43(60)51-24-13-16-35(51)42(59)48-32(22-23-36(45)54)39(56)49-33(25-29-18-20-30(53)21-19-29)40(57)50-38(27(2)3)44(61)62-31/h18-21,27-28,31-35,38,52-53H,5-17,22-26H2,1-4H3,(H2,45,54)(H,46,58)(H,47,55)(H,48,59)(H,49,56)(H,50,57)/t28-,31?,32+,33-,34?,35+,38?/m1/s1. The molecule has 2 heterocycles. The second-order valence-corrected chi connectivity index (χ2v) is 16.8. The van der Waals surface area contributed by atoms with Crippen LogP contribution < -0.4 is 32.3 Å². The van der Waals surface area contributed by atoms with Crippen molar-refractivity contribution in [2.45, 2.75) is 173 Å². The van der Waals surface area contributed by atoms with Gasteiger partial charge in [-0.1, -0.05) is 71.4 Å². The van der Waals surface area contributed by atoms with E-state index in [4.69, 9.17) is 10.5 Å². The Morgan fingerprint density at radius 1 is 0.790 bits per heavy atom. The van der Waals surface area contributed by atoms with E-state index in [-0.39, 0.29) is 50.8 Å². The predicted molar refractivity (Wildman–Crippen MR) is 229 cm³/mol. The van der Waals surface area contributed by atoms with Crippen LogP contribution in [0.4, 0.5) is 0 Å². The lowest BCUT2D eigenvalue weighted by molar-refractivity contribution is -0.155. The third-order valence-corrected chi connectivity index (χ3v) is 11.3. The molecule has 62 heavy (non-hydrogen) atoms. The molecular formula is C44H69N7O11. The highest BCUT2D eigenvalue weighted by atomic mass is 16.5. The van der Waals surface area contributed by atoms with Gasteiger partial charge in [-0.25, -0.2) is 4.79 Å². The fourth-order valence-electron chi connectivity index (χ4n) is 7.63. The number of nitrogens with two attached hydrogens (primary N) is 1. The van der Waals surface area contributed by atoms with Crippen molar-refractivity contribution in [2.75, 3.05) is 13.2 Å². The Kier molecular flexibility index (Phi) is 21.6. The highest BCUT2D eigenvalue weighted by molar-refractivity contribution is 5.97. The molecule has 7 atom stereocenters. The molecule has 0 radical (unpaired) electrons. The summed E-state index contributed by atoms with van der Waals surface area (Å²) in [6, 6.07) is -1.51. The number of fused-ring (bicyclic) bond motifs is 1.